The molecule has 23 heavy (non-hydrogen) atoms. The van der Waals surface area contributed by atoms with Crippen LogP contribution in [0.25, 0.3) is 11.3 Å². The Balaban J connectivity index is 1.73. The molecule has 0 saturated carbocycles. The number of carbonyl (C=O) groups is 1. The number of H-pyrrole nitrogens is 1. The SMILES string of the molecule is O=C(Nc1cc(-c2ccncc2)[nH]n1)c1ccc([N+](=O)[O-])cc1. The second kappa shape index (κ2) is 6.06. The molecule has 0 bridgehead atoms. The first-order valence-corrected chi connectivity index (χ1v) is 6.65. The fourth-order valence-electron chi connectivity index (χ4n) is 1.99. The molecular formula is C15H11N5O3. The number of nitrogens with zero attached hydrogens (tertiary/aromatic N) is 3. The van der Waals surface area contributed by atoms with E-state index in [9.17, 15) is 14.9 Å². The van der Waals surface area contributed by atoms with Gasteiger partial charge in [0.25, 0.3) is 11.6 Å². The van der Waals surface area contributed by atoms with Crippen molar-refractivity contribution in [2.45, 2.75) is 0 Å². The Morgan fingerprint density at radius 2 is 1.83 bits per heavy atom. The quantitative estimate of drug-likeness (QED) is 0.568. The average molecular weight is 309 g/mol. The first-order chi connectivity index (χ1) is 11.1. The van der Waals surface area contributed by atoms with Gasteiger partial charge in [0.05, 0.1) is 10.6 Å². The summed E-state index contributed by atoms with van der Waals surface area (Å²) in [5.41, 5.74) is 1.88. The lowest BCUT2D eigenvalue weighted by Gasteiger charge is -2.01. The van der Waals surface area contributed by atoms with E-state index in [0.717, 1.165) is 11.3 Å². The molecule has 2 N–H and O–H groups in total. The van der Waals surface area contributed by atoms with Gasteiger partial charge in [-0.1, -0.05) is 0 Å². The van der Waals surface area contributed by atoms with Crippen molar-refractivity contribution in [3.05, 3.63) is 70.5 Å². The minimum Gasteiger partial charge on any atom is -0.305 e. The molecule has 1 aromatic carbocycles. The Bertz CT molecular complexity index is 843. The molecule has 1 amide bonds. The summed E-state index contributed by atoms with van der Waals surface area (Å²) >= 11 is 0. The normalized spacial score (nSPS) is 10.3. The number of carbonyl (C=O) groups excluding carboxylic acids is 1. The van der Waals surface area contributed by atoms with Crippen molar-refractivity contribution in [3.63, 3.8) is 0 Å². The van der Waals surface area contributed by atoms with Gasteiger partial charge in [-0.3, -0.25) is 25.0 Å². The third-order valence-corrected chi connectivity index (χ3v) is 3.15. The highest BCUT2D eigenvalue weighted by atomic mass is 16.6. The van der Waals surface area contributed by atoms with Crippen LogP contribution in [0.1, 0.15) is 10.4 Å². The summed E-state index contributed by atoms with van der Waals surface area (Å²) in [5, 5.41) is 20.1. The van der Waals surface area contributed by atoms with E-state index in [1.807, 2.05) is 12.1 Å². The molecule has 0 spiro atoms. The Kier molecular flexibility index (Phi) is 3.79. The van der Waals surface area contributed by atoms with E-state index in [1.165, 1.54) is 24.3 Å². The third kappa shape index (κ3) is 3.21. The summed E-state index contributed by atoms with van der Waals surface area (Å²) in [4.78, 5) is 26.1. The van der Waals surface area contributed by atoms with Crippen LogP contribution in [-0.2, 0) is 0 Å². The number of amides is 1. The summed E-state index contributed by atoms with van der Waals surface area (Å²) in [7, 11) is 0. The van der Waals surface area contributed by atoms with Gasteiger partial charge in [-0.2, -0.15) is 5.10 Å². The maximum absolute atomic E-state index is 12.1. The van der Waals surface area contributed by atoms with Crippen molar-refractivity contribution >= 4 is 17.4 Å². The number of hydrogen-bond acceptors (Lipinski definition) is 5. The largest absolute Gasteiger partial charge is 0.305 e. The maximum atomic E-state index is 12.1. The van der Waals surface area contributed by atoms with Gasteiger partial charge in [-0.05, 0) is 24.3 Å². The number of aromatic amines is 1. The molecule has 2 heterocycles. The third-order valence-electron chi connectivity index (χ3n) is 3.15. The van der Waals surface area contributed by atoms with Crippen LogP contribution in [0, 0.1) is 10.1 Å². The number of hydrogen-bond donors (Lipinski definition) is 2. The fraction of sp³-hybridized carbons (Fsp3) is 0. The Labute approximate surface area is 130 Å². The molecule has 8 nitrogen and oxygen atoms in total. The Morgan fingerprint density at radius 3 is 2.48 bits per heavy atom. The van der Waals surface area contributed by atoms with Gasteiger partial charge in [0.15, 0.2) is 5.82 Å². The maximum Gasteiger partial charge on any atom is 0.269 e. The number of nitro groups is 1. The molecule has 0 aliphatic carbocycles. The lowest BCUT2D eigenvalue weighted by atomic mass is 10.2. The number of aromatic nitrogens is 3. The minimum absolute atomic E-state index is 0.0682. The summed E-state index contributed by atoms with van der Waals surface area (Å²) in [6, 6.07) is 10.7. The lowest BCUT2D eigenvalue weighted by molar-refractivity contribution is -0.384. The van der Waals surface area contributed by atoms with E-state index in [0.29, 0.717) is 11.4 Å². The van der Waals surface area contributed by atoms with Crippen molar-refractivity contribution in [1.82, 2.24) is 15.2 Å². The molecule has 0 aliphatic heterocycles. The van der Waals surface area contributed by atoms with Crippen LogP contribution < -0.4 is 5.32 Å². The van der Waals surface area contributed by atoms with Crippen LogP contribution in [-0.4, -0.2) is 26.0 Å². The lowest BCUT2D eigenvalue weighted by Crippen LogP contribution is -2.12. The van der Waals surface area contributed by atoms with E-state index in [-0.39, 0.29) is 5.69 Å². The number of nitrogens with one attached hydrogen (secondary N) is 2. The van der Waals surface area contributed by atoms with Gasteiger partial charge in [0.2, 0.25) is 0 Å². The van der Waals surface area contributed by atoms with Crippen LogP contribution in [0.3, 0.4) is 0 Å². The zero-order valence-corrected chi connectivity index (χ0v) is 11.8. The van der Waals surface area contributed by atoms with Gasteiger partial charge < -0.3 is 5.32 Å². The number of nitro benzene ring substituents is 1. The van der Waals surface area contributed by atoms with Crippen LogP contribution in [0.4, 0.5) is 11.5 Å². The van der Waals surface area contributed by atoms with E-state index < -0.39 is 10.8 Å². The summed E-state index contributed by atoms with van der Waals surface area (Å²) in [6.07, 6.45) is 3.32. The van der Waals surface area contributed by atoms with E-state index in [4.69, 9.17) is 0 Å². The van der Waals surface area contributed by atoms with Crippen LogP contribution >= 0.6 is 0 Å². The molecule has 0 saturated heterocycles. The summed E-state index contributed by atoms with van der Waals surface area (Å²) < 4.78 is 0. The zero-order valence-electron chi connectivity index (χ0n) is 11.8. The van der Waals surface area contributed by atoms with Gasteiger partial charge in [-0.15, -0.1) is 0 Å². The Morgan fingerprint density at radius 1 is 1.13 bits per heavy atom. The highest BCUT2D eigenvalue weighted by Crippen LogP contribution is 2.19. The molecule has 0 atom stereocenters. The predicted molar refractivity (Wildman–Crippen MR) is 82.9 cm³/mol. The average Bonchev–Trinajstić information content (AvgIpc) is 3.04. The van der Waals surface area contributed by atoms with E-state index >= 15 is 0 Å². The monoisotopic (exact) mass is 309 g/mol. The number of benzene rings is 1. The molecule has 114 valence electrons. The predicted octanol–water partition coefficient (Wildman–Crippen LogP) is 2.63. The summed E-state index contributed by atoms with van der Waals surface area (Å²) in [6.45, 7) is 0. The van der Waals surface area contributed by atoms with Crippen LogP contribution in [0.2, 0.25) is 0 Å². The molecule has 0 radical (unpaired) electrons. The summed E-state index contributed by atoms with van der Waals surface area (Å²) in [5.74, 6) is -0.0344. The number of anilines is 1. The first-order valence-electron chi connectivity index (χ1n) is 6.65. The smallest absolute Gasteiger partial charge is 0.269 e. The second-order valence-corrected chi connectivity index (χ2v) is 4.66. The molecule has 0 aliphatic rings. The standard InChI is InChI=1S/C15H11N5O3/c21-15(11-1-3-12(4-2-11)20(22)23)17-14-9-13(18-19-14)10-5-7-16-8-6-10/h1-9H,(H2,17,18,19,21). The molecule has 2 aromatic heterocycles. The van der Waals surface area contributed by atoms with E-state index in [2.05, 4.69) is 20.5 Å². The fourth-order valence-corrected chi connectivity index (χ4v) is 1.99. The number of pyridine rings is 1. The molecule has 0 unspecified atom stereocenters. The van der Waals surface area contributed by atoms with Gasteiger partial charge in [0, 0.05) is 41.7 Å². The molecule has 3 rings (SSSR count). The number of rotatable bonds is 4. The van der Waals surface area contributed by atoms with Crippen molar-refractivity contribution in [2.75, 3.05) is 5.32 Å². The topological polar surface area (TPSA) is 114 Å². The van der Waals surface area contributed by atoms with Gasteiger partial charge in [0.1, 0.15) is 0 Å². The second-order valence-electron chi connectivity index (χ2n) is 4.66. The van der Waals surface area contributed by atoms with E-state index in [1.54, 1.807) is 18.5 Å². The zero-order chi connectivity index (χ0) is 16.2. The van der Waals surface area contributed by atoms with Crippen molar-refractivity contribution in [2.24, 2.45) is 0 Å². The highest BCUT2D eigenvalue weighted by molar-refractivity contribution is 6.04. The highest BCUT2D eigenvalue weighted by Gasteiger charge is 2.11. The molecule has 3 aromatic rings. The van der Waals surface area contributed by atoms with Crippen molar-refractivity contribution in [3.8, 4) is 11.3 Å². The number of non-ortho nitro benzene ring substituents is 1. The Hall–Kier alpha value is -3.55. The van der Waals surface area contributed by atoms with Gasteiger partial charge in [-0.25, -0.2) is 0 Å². The van der Waals surface area contributed by atoms with Crippen LogP contribution in [0.15, 0.2) is 54.9 Å². The van der Waals surface area contributed by atoms with Gasteiger partial charge >= 0.3 is 0 Å². The molecular weight excluding hydrogens is 298 g/mol. The molecule has 0 fully saturated rings. The van der Waals surface area contributed by atoms with Crippen molar-refractivity contribution < 1.29 is 9.72 Å². The first kappa shape index (κ1) is 14.4. The molecule has 8 heteroatoms. The van der Waals surface area contributed by atoms with Crippen LogP contribution in [0.5, 0.6) is 0 Å². The minimum atomic E-state index is -0.517. The van der Waals surface area contributed by atoms with Crippen molar-refractivity contribution in [1.29, 1.82) is 0 Å².